The van der Waals surface area contributed by atoms with Crippen LogP contribution in [0.25, 0.3) is 26.4 Å². The number of hydrogen-bond donors (Lipinski definition) is 2. The Hall–Kier alpha value is -2.81. The van der Waals surface area contributed by atoms with Crippen molar-refractivity contribution in [2.24, 2.45) is 0 Å². The highest BCUT2D eigenvalue weighted by molar-refractivity contribution is 8.14. The number of hydrogen-bond acceptors (Lipinski definition) is 12. The number of rotatable bonds is 16. The van der Waals surface area contributed by atoms with E-state index in [2.05, 4.69) is 88.3 Å². The third-order valence-electron chi connectivity index (χ3n) is 9.94. The molecular weight excluding hydrogens is 885 g/mol. The minimum absolute atomic E-state index is 0.249. The SMILES string of the molecule is CCC(/C=C1\Sc2ccc(OC)cc2N1CCCS(=O)(=O)O)=C\c1sc2ccc3sccc3c2[n+]1CCCS(=O)(=O)O.CCN1CCS/C1=C/C=C/C1=[N+](CC)CCS1. The standard InChI is InChI=1S/C28H30N2O7S5.C13H21N2S2/c1-3-19(16-26-29(11-4-14-41(31,32)33)22-18-20(37-2)6-7-24(22)39-26)17-27-30(12-5-15-42(34,35)36)28-21-10-13-38-23(21)8-9-25(28)40-27;1-3-14-8-10-16-12(14)6-5-7-13-15(4-2)9-11-17-13/h6-10,13,16-18H,3-5,11-12,14-15H2,1-2H3,(H-,31,32,33,34,35,36);5-7H,3-4,8-11H2,1-2H3/q;+1/p+1. The van der Waals surface area contributed by atoms with Crippen LogP contribution in [-0.2, 0) is 26.8 Å². The van der Waals surface area contributed by atoms with Crippen LogP contribution >= 0.6 is 58.0 Å². The number of aryl methyl sites for hydroxylation is 1. The second-order valence-corrected chi connectivity index (χ2v) is 22.3. The topological polar surface area (TPSA) is 131 Å². The first-order valence-corrected chi connectivity index (χ1v) is 27.3. The van der Waals surface area contributed by atoms with Crippen molar-refractivity contribution in [1.82, 2.24) is 4.90 Å². The van der Waals surface area contributed by atoms with Gasteiger partial charge in [0.05, 0.1) is 45.5 Å². The van der Waals surface area contributed by atoms with Crippen molar-refractivity contribution in [3.8, 4) is 5.75 Å². The highest BCUT2D eigenvalue weighted by Crippen LogP contribution is 2.48. The van der Waals surface area contributed by atoms with Gasteiger partial charge in [-0.1, -0.05) is 47.9 Å². The maximum absolute atomic E-state index is 11.5. The minimum atomic E-state index is -4.08. The van der Waals surface area contributed by atoms with Gasteiger partial charge in [-0.15, -0.1) is 23.1 Å². The number of allylic oxidation sites excluding steroid dienone is 4. The Morgan fingerprint density at radius 3 is 2.46 bits per heavy atom. The Morgan fingerprint density at radius 2 is 1.73 bits per heavy atom. The lowest BCUT2D eigenvalue weighted by Crippen LogP contribution is -2.36. The summed E-state index contributed by atoms with van der Waals surface area (Å²) in [5.41, 5.74) is 3.00. The van der Waals surface area contributed by atoms with Crippen LogP contribution in [0.4, 0.5) is 5.69 Å². The molecule has 5 heterocycles. The van der Waals surface area contributed by atoms with Crippen LogP contribution in [0.3, 0.4) is 0 Å². The van der Waals surface area contributed by atoms with Gasteiger partial charge >= 0.3 is 0 Å². The predicted octanol–water partition coefficient (Wildman–Crippen LogP) is 8.85. The quantitative estimate of drug-likeness (QED) is 0.0823. The summed E-state index contributed by atoms with van der Waals surface area (Å²) in [5, 5.41) is 7.90. The van der Waals surface area contributed by atoms with Crippen molar-refractivity contribution in [2.75, 3.05) is 67.7 Å². The van der Waals surface area contributed by atoms with Gasteiger partial charge in [-0.05, 0) is 80.1 Å². The second kappa shape index (κ2) is 20.8. The van der Waals surface area contributed by atoms with E-state index in [0.29, 0.717) is 18.8 Å². The summed E-state index contributed by atoms with van der Waals surface area (Å²) < 4.78 is 76.6. The fourth-order valence-corrected chi connectivity index (χ4v) is 13.3. The Bertz CT molecular complexity index is 2520. The summed E-state index contributed by atoms with van der Waals surface area (Å²) >= 11 is 8.81. The zero-order chi connectivity index (χ0) is 42.2. The number of benzene rings is 2. The number of ether oxygens (including phenoxy) is 1. The maximum Gasteiger partial charge on any atom is 0.265 e. The smallest absolute Gasteiger partial charge is 0.265 e. The Balaban J connectivity index is 0.000000287. The van der Waals surface area contributed by atoms with Crippen molar-refractivity contribution < 1.29 is 39.8 Å². The number of methoxy groups -OCH3 is 1. The van der Waals surface area contributed by atoms with Gasteiger partial charge in [0.2, 0.25) is 10.6 Å². The molecule has 0 spiro atoms. The van der Waals surface area contributed by atoms with Gasteiger partial charge in [-0.25, -0.2) is 4.58 Å². The summed E-state index contributed by atoms with van der Waals surface area (Å²) in [5.74, 6) is 2.51. The molecule has 0 radical (unpaired) electrons. The van der Waals surface area contributed by atoms with Gasteiger partial charge < -0.3 is 14.5 Å². The largest absolute Gasteiger partial charge is 0.497 e. The van der Waals surface area contributed by atoms with E-state index in [0.717, 1.165) is 66.0 Å². The summed E-state index contributed by atoms with van der Waals surface area (Å²) in [6.45, 7) is 12.0. The fraction of sp³-hybridized carbons (Fsp3) is 0.415. The van der Waals surface area contributed by atoms with Crippen molar-refractivity contribution in [1.29, 1.82) is 0 Å². The highest BCUT2D eigenvalue weighted by Gasteiger charge is 2.28. The lowest BCUT2D eigenvalue weighted by molar-refractivity contribution is -0.667. The lowest BCUT2D eigenvalue weighted by Gasteiger charge is -2.21. The third kappa shape index (κ3) is 12.2. The van der Waals surface area contributed by atoms with E-state index in [9.17, 15) is 25.9 Å². The lowest BCUT2D eigenvalue weighted by atomic mass is 10.1. The van der Waals surface area contributed by atoms with Gasteiger partial charge in [-0.2, -0.15) is 21.4 Å². The maximum atomic E-state index is 11.5. The molecule has 2 aromatic carbocycles. The number of thioether (sulfide) groups is 3. The van der Waals surface area contributed by atoms with E-state index < -0.39 is 20.2 Å². The Kier molecular flexibility index (Phi) is 16.1. The molecule has 1 saturated heterocycles. The molecule has 0 amide bonds. The van der Waals surface area contributed by atoms with Crippen LogP contribution in [-0.4, -0.2) is 103 Å². The summed E-state index contributed by atoms with van der Waals surface area (Å²) in [6, 6.07) is 12.1. The molecule has 0 unspecified atom stereocenters. The summed E-state index contributed by atoms with van der Waals surface area (Å²) in [7, 11) is -6.56. The predicted molar refractivity (Wildman–Crippen MR) is 252 cm³/mol. The van der Waals surface area contributed by atoms with Crippen LogP contribution in [0.1, 0.15) is 45.0 Å². The van der Waals surface area contributed by atoms with Crippen molar-refractivity contribution >= 4 is 115 Å². The van der Waals surface area contributed by atoms with Gasteiger partial charge in [0.15, 0.2) is 13.1 Å². The van der Waals surface area contributed by atoms with Crippen molar-refractivity contribution in [2.45, 2.75) is 51.5 Å². The summed E-state index contributed by atoms with van der Waals surface area (Å²) in [4.78, 5) is 5.52. The number of fused-ring (bicyclic) bond motifs is 4. The molecule has 59 heavy (non-hydrogen) atoms. The molecule has 11 nitrogen and oxygen atoms in total. The second-order valence-electron chi connectivity index (χ2n) is 13.8. The highest BCUT2D eigenvalue weighted by atomic mass is 32.2. The molecular formula is C41H52N4O7S7+2. The van der Waals surface area contributed by atoms with Crippen LogP contribution in [0.5, 0.6) is 5.75 Å². The number of thiophene rings is 1. The zero-order valence-electron chi connectivity index (χ0n) is 33.7. The number of anilines is 1. The number of thiazole rings is 1. The minimum Gasteiger partial charge on any atom is -0.497 e. The first-order chi connectivity index (χ1) is 28.3. The first-order valence-electron chi connectivity index (χ1n) is 19.6. The fourth-order valence-electron chi connectivity index (χ4n) is 6.97. The molecule has 3 aliphatic rings. The average Bonchev–Trinajstić information content (AvgIpc) is 4.05. The van der Waals surface area contributed by atoms with E-state index in [-0.39, 0.29) is 24.3 Å². The van der Waals surface area contributed by atoms with Crippen LogP contribution in [0.2, 0.25) is 0 Å². The zero-order valence-corrected chi connectivity index (χ0v) is 39.4. The average molecular weight is 937 g/mol. The molecule has 0 atom stereocenters. The molecule has 318 valence electrons. The number of nitrogens with zero attached hydrogens (tertiary/aromatic N) is 4. The van der Waals surface area contributed by atoms with Crippen molar-refractivity contribution in [3.63, 3.8) is 0 Å². The van der Waals surface area contributed by atoms with Crippen LogP contribution < -0.4 is 14.2 Å². The molecule has 0 saturated carbocycles. The third-order valence-corrected chi connectivity index (χ3v) is 16.8. The Labute approximate surface area is 369 Å². The molecule has 2 aromatic heterocycles. The van der Waals surface area contributed by atoms with Gasteiger partial charge in [0.1, 0.15) is 17.0 Å². The first kappa shape index (κ1) is 45.7. The molecule has 2 N–H and O–H groups in total. The van der Waals surface area contributed by atoms with Crippen LogP contribution in [0.15, 0.2) is 86.6 Å². The number of aromatic nitrogens is 1. The van der Waals surface area contributed by atoms with Gasteiger partial charge in [0.25, 0.3) is 25.2 Å². The normalized spacial score (nSPS) is 17.7. The van der Waals surface area contributed by atoms with E-state index in [4.69, 9.17) is 4.74 Å². The van der Waals surface area contributed by atoms with Gasteiger partial charge in [-0.3, -0.25) is 9.11 Å². The van der Waals surface area contributed by atoms with Crippen LogP contribution in [0, 0.1) is 0 Å². The van der Waals surface area contributed by atoms with E-state index >= 15 is 0 Å². The van der Waals surface area contributed by atoms with E-state index in [1.54, 1.807) is 41.5 Å². The molecule has 4 aromatic rings. The monoisotopic (exact) mass is 936 g/mol. The van der Waals surface area contributed by atoms with E-state index in [1.165, 1.54) is 34.7 Å². The molecule has 0 bridgehead atoms. The van der Waals surface area contributed by atoms with Crippen molar-refractivity contribution in [3.05, 3.63) is 86.7 Å². The molecule has 0 aliphatic carbocycles. The van der Waals surface area contributed by atoms with Gasteiger partial charge in [0, 0.05) is 59.6 Å². The molecule has 7 rings (SSSR count). The molecule has 3 aliphatic heterocycles. The molecule has 18 heteroatoms. The summed E-state index contributed by atoms with van der Waals surface area (Å²) in [6.07, 6.45) is 12.2. The van der Waals surface area contributed by atoms with E-state index in [1.807, 2.05) is 47.1 Å². The Morgan fingerprint density at radius 1 is 0.949 bits per heavy atom. The molecule has 1 fully saturated rings.